The highest BCUT2D eigenvalue weighted by atomic mass is 35.5. The van der Waals surface area contributed by atoms with Crippen molar-refractivity contribution in [2.75, 3.05) is 25.2 Å². The average molecular weight is 423 g/mol. The normalized spacial score (nSPS) is 19.4. The van der Waals surface area contributed by atoms with Gasteiger partial charge in [0.05, 0.1) is 10.8 Å². The largest absolute Gasteiger partial charge is 0.454 e. The van der Waals surface area contributed by atoms with E-state index in [4.69, 9.17) is 21.1 Å². The smallest absolute Gasteiger partial charge is 0.243 e. The first-order valence-corrected chi connectivity index (χ1v) is 10.7. The second-order valence-corrected chi connectivity index (χ2v) is 9.09. The molecule has 9 heteroatoms. The van der Waals surface area contributed by atoms with Crippen LogP contribution in [0, 0.1) is 5.92 Å². The predicted molar refractivity (Wildman–Crippen MR) is 104 cm³/mol. The molecule has 1 fully saturated rings. The number of amides is 1. The monoisotopic (exact) mass is 422 g/mol. The number of hydrogen-bond donors (Lipinski definition) is 1. The van der Waals surface area contributed by atoms with E-state index in [9.17, 15) is 13.2 Å². The third kappa shape index (κ3) is 3.80. The molecule has 148 valence electrons. The molecule has 0 radical (unpaired) electrons. The van der Waals surface area contributed by atoms with Crippen LogP contribution >= 0.6 is 11.6 Å². The van der Waals surface area contributed by atoms with E-state index in [2.05, 4.69) is 5.32 Å². The van der Waals surface area contributed by atoms with Crippen LogP contribution in [0.5, 0.6) is 11.5 Å². The summed E-state index contributed by atoms with van der Waals surface area (Å²) in [6, 6.07) is 11.2. The van der Waals surface area contributed by atoms with E-state index in [0.29, 0.717) is 41.6 Å². The molecule has 2 aromatic rings. The molecule has 0 saturated carbocycles. The highest BCUT2D eigenvalue weighted by Gasteiger charge is 2.33. The zero-order valence-corrected chi connectivity index (χ0v) is 16.5. The van der Waals surface area contributed by atoms with E-state index < -0.39 is 15.9 Å². The minimum absolute atomic E-state index is 0.140. The molecule has 28 heavy (non-hydrogen) atoms. The van der Waals surface area contributed by atoms with Crippen LogP contribution in [0.2, 0.25) is 5.02 Å². The van der Waals surface area contributed by atoms with Crippen molar-refractivity contribution >= 4 is 33.2 Å². The first-order valence-electron chi connectivity index (χ1n) is 8.90. The first-order chi connectivity index (χ1) is 13.4. The molecule has 1 saturated heterocycles. The quantitative estimate of drug-likeness (QED) is 0.818. The molecular formula is C19H19ClN2O5S. The van der Waals surface area contributed by atoms with Crippen molar-refractivity contribution in [2.45, 2.75) is 17.7 Å². The number of halogens is 1. The van der Waals surface area contributed by atoms with Crippen LogP contribution in [0.1, 0.15) is 12.8 Å². The number of nitrogens with one attached hydrogen (secondary N) is 1. The van der Waals surface area contributed by atoms with Crippen molar-refractivity contribution < 1.29 is 22.7 Å². The van der Waals surface area contributed by atoms with Crippen LogP contribution in [0.3, 0.4) is 0 Å². The van der Waals surface area contributed by atoms with Gasteiger partial charge >= 0.3 is 0 Å². The summed E-state index contributed by atoms with van der Waals surface area (Å²) in [5.41, 5.74) is 0.590. The van der Waals surface area contributed by atoms with Crippen LogP contribution in [-0.4, -0.2) is 38.5 Å². The molecule has 2 heterocycles. The molecule has 4 rings (SSSR count). The van der Waals surface area contributed by atoms with Crippen molar-refractivity contribution in [3.8, 4) is 11.5 Å². The Labute approximate surface area is 168 Å². The second kappa shape index (κ2) is 7.62. The van der Waals surface area contributed by atoms with Crippen molar-refractivity contribution in [3.05, 3.63) is 47.5 Å². The van der Waals surface area contributed by atoms with Gasteiger partial charge in [0, 0.05) is 29.9 Å². The summed E-state index contributed by atoms with van der Waals surface area (Å²) in [4.78, 5) is 12.9. The van der Waals surface area contributed by atoms with Gasteiger partial charge in [-0.3, -0.25) is 4.79 Å². The highest BCUT2D eigenvalue weighted by Crippen LogP contribution is 2.34. The van der Waals surface area contributed by atoms with Gasteiger partial charge in [0.2, 0.25) is 22.7 Å². The fourth-order valence-corrected chi connectivity index (χ4v) is 5.00. The molecule has 1 atom stereocenters. The third-order valence-electron chi connectivity index (χ3n) is 4.85. The molecule has 2 aliphatic rings. The molecule has 0 aliphatic carbocycles. The Kier molecular flexibility index (Phi) is 5.18. The highest BCUT2D eigenvalue weighted by molar-refractivity contribution is 7.89. The van der Waals surface area contributed by atoms with Gasteiger partial charge in [-0.2, -0.15) is 4.31 Å². The molecule has 2 aliphatic heterocycles. The fraction of sp³-hybridized carbons (Fsp3) is 0.316. The number of hydrogen-bond acceptors (Lipinski definition) is 5. The van der Waals surface area contributed by atoms with E-state index in [0.717, 1.165) is 0 Å². The first kappa shape index (κ1) is 19.0. The van der Waals surface area contributed by atoms with E-state index in [1.807, 2.05) is 0 Å². The lowest BCUT2D eigenvalue weighted by Gasteiger charge is -2.31. The van der Waals surface area contributed by atoms with Crippen LogP contribution in [0.25, 0.3) is 0 Å². The van der Waals surface area contributed by atoms with Gasteiger partial charge < -0.3 is 14.8 Å². The van der Waals surface area contributed by atoms with Crippen LogP contribution in [0.15, 0.2) is 47.4 Å². The number of rotatable bonds is 4. The van der Waals surface area contributed by atoms with Gasteiger partial charge in [-0.15, -0.1) is 0 Å². The molecule has 2 aromatic carbocycles. The lowest BCUT2D eigenvalue weighted by atomic mass is 9.98. The molecule has 0 spiro atoms. The summed E-state index contributed by atoms with van der Waals surface area (Å²) in [5, 5.41) is 3.32. The maximum atomic E-state index is 12.9. The van der Waals surface area contributed by atoms with Crippen LogP contribution < -0.4 is 14.8 Å². The van der Waals surface area contributed by atoms with Crippen LogP contribution in [-0.2, 0) is 14.8 Å². The van der Waals surface area contributed by atoms with Gasteiger partial charge in [0.1, 0.15) is 0 Å². The van der Waals surface area contributed by atoms with Crippen molar-refractivity contribution in [2.24, 2.45) is 5.92 Å². The number of nitrogens with zero attached hydrogens (tertiary/aromatic N) is 1. The number of carbonyl (C=O) groups excluding carboxylic acids is 1. The topological polar surface area (TPSA) is 84.9 Å². The van der Waals surface area contributed by atoms with E-state index in [1.54, 1.807) is 30.3 Å². The van der Waals surface area contributed by atoms with Crippen molar-refractivity contribution in [3.63, 3.8) is 0 Å². The maximum Gasteiger partial charge on any atom is 0.243 e. The zero-order chi connectivity index (χ0) is 19.7. The Bertz CT molecular complexity index is 994. The zero-order valence-electron chi connectivity index (χ0n) is 14.9. The Morgan fingerprint density at radius 1 is 1.11 bits per heavy atom. The number of fused-ring (bicyclic) bond motifs is 1. The predicted octanol–water partition coefficient (Wildman–Crippen LogP) is 3.11. The molecule has 0 bridgehead atoms. The number of benzene rings is 2. The lowest BCUT2D eigenvalue weighted by Crippen LogP contribution is -2.43. The molecule has 1 N–H and O–H groups in total. The van der Waals surface area contributed by atoms with E-state index >= 15 is 0 Å². The number of anilines is 1. The standard InChI is InChI=1S/C19H19ClN2O5S/c20-14-3-6-16(7-4-14)28(24,25)22-9-1-2-13(11-22)19(23)21-15-5-8-17-18(10-15)27-12-26-17/h3-8,10,13H,1-2,9,11-12H2,(H,21,23)/t13-/m1/s1. The summed E-state index contributed by atoms with van der Waals surface area (Å²) in [6.45, 7) is 0.687. The summed E-state index contributed by atoms with van der Waals surface area (Å²) in [7, 11) is -3.67. The number of ether oxygens (including phenoxy) is 2. The van der Waals surface area contributed by atoms with Crippen molar-refractivity contribution in [1.29, 1.82) is 0 Å². The second-order valence-electron chi connectivity index (χ2n) is 6.71. The molecule has 0 unspecified atom stereocenters. The third-order valence-corrected chi connectivity index (χ3v) is 6.98. The van der Waals surface area contributed by atoms with Gasteiger partial charge in [0.15, 0.2) is 11.5 Å². The summed E-state index contributed by atoms with van der Waals surface area (Å²) >= 11 is 5.85. The fourth-order valence-electron chi connectivity index (χ4n) is 3.35. The van der Waals surface area contributed by atoms with Crippen LogP contribution in [0.4, 0.5) is 5.69 Å². The van der Waals surface area contributed by atoms with E-state index in [-0.39, 0.29) is 24.1 Å². The molecular weight excluding hydrogens is 404 g/mol. The SMILES string of the molecule is O=C(Nc1ccc2c(c1)OCO2)[C@@H]1CCCN(S(=O)(=O)c2ccc(Cl)cc2)C1. The minimum Gasteiger partial charge on any atom is -0.454 e. The lowest BCUT2D eigenvalue weighted by molar-refractivity contribution is -0.120. The average Bonchev–Trinajstić information content (AvgIpc) is 3.16. The van der Waals surface area contributed by atoms with Gasteiger partial charge in [-0.05, 0) is 49.2 Å². The summed E-state index contributed by atoms with van der Waals surface area (Å²) in [5.74, 6) is 0.570. The summed E-state index contributed by atoms with van der Waals surface area (Å²) < 4.78 is 37.7. The van der Waals surface area contributed by atoms with Gasteiger partial charge in [-0.1, -0.05) is 11.6 Å². The Morgan fingerprint density at radius 3 is 2.64 bits per heavy atom. The Hall–Kier alpha value is -2.29. The Morgan fingerprint density at radius 2 is 1.86 bits per heavy atom. The molecule has 7 nitrogen and oxygen atoms in total. The van der Waals surface area contributed by atoms with E-state index in [1.165, 1.54) is 16.4 Å². The summed E-state index contributed by atoms with van der Waals surface area (Å²) in [6.07, 6.45) is 1.25. The number of sulfonamides is 1. The number of piperidine rings is 1. The number of carbonyl (C=O) groups is 1. The minimum atomic E-state index is -3.67. The van der Waals surface area contributed by atoms with Gasteiger partial charge in [-0.25, -0.2) is 8.42 Å². The molecule has 1 amide bonds. The van der Waals surface area contributed by atoms with Crippen molar-refractivity contribution in [1.82, 2.24) is 4.31 Å². The molecule has 0 aromatic heterocycles. The Balaban J connectivity index is 1.45. The van der Waals surface area contributed by atoms with Gasteiger partial charge in [0.25, 0.3) is 0 Å². The maximum absolute atomic E-state index is 12.9.